The van der Waals surface area contributed by atoms with Crippen LogP contribution < -0.4 is 0 Å². The van der Waals surface area contributed by atoms with Crippen LogP contribution in [0.5, 0.6) is 5.75 Å². The summed E-state index contributed by atoms with van der Waals surface area (Å²) in [5.74, 6) is -0.414. The third-order valence-corrected chi connectivity index (χ3v) is 2.52. The Labute approximate surface area is 81.4 Å². The first kappa shape index (κ1) is 11.0. The minimum atomic E-state index is -4.85. The first-order valence-electron chi connectivity index (χ1n) is 3.74. The predicted molar refractivity (Wildman–Crippen MR) is 47.5 cm³/mol. The molecule has 5 nitrogen and oxygen atoms in total. The van der Waals surface area contributed by atoms with Crippen LogP contribution in [0.2, 0.25) is 0 Å². The molecule has 0 saturated carbocycles. The summed E-state index contributed by atoms with van der Waals surface area (Å²) in [6.07, 6.45) is 0. The molecule has 1 aromatic carbocycles. The van der Waals surface area contributed by atoms with Crippen molar-refractivity contribution < 1.29 is 23.2 Å². The third kappa shape index (κ3) is 2.22. The van der Waals surface area contributed by atoms with Gasteiger partial charge in [-0.15, -0.1) is 0 Å². The molecule has 0 heterocycles. The highest BCUT2D eigenvalue weighted by Crippen LogP contribution is 2.27. The summed E-state index contributed by atoms with van der Waals surface area (Å²) >= 11 is 0. The van der Waals surface area contributed by atoms with Gasteiger partial charge in [0.25, 0.3) is 0 Å². The van der Waals surface area contributed by atoms with E-state index in [4.69, 9.17) is 5.11 Å². The molecule has 0 aliphatic rings. The highest BCUT2D eigenvalue weighted by atomic mass is 32.2. The molecule has 0 radical (unpaired) electrons. The second-order valence-corrected chi connectivity index (χ2v) is 4.34. The third-order valence-electron chi connectivity index (χ3n) is 1.72. The smallest absolute Gasteiger partial charge is 0.172 e. The normalized spacial score (nSPS) is 13.9. The van der Waals surface area contributed by atoms with Gasteiger partial charge < -0.3 is 14.8 Å². The van der Waals surface area contributed by atoms with Crippen LogP contribution in [-0.2, 0) is 10.1 Å². The average Bonchev–Trinajstić information content (AvgIpc) is 2.06. The Hall–Kier alpha value is -1.11. The Morgan fingerprint density at radius 3 is 2.50 bits per heavy atom. The molecule has 0 aliphatic carbocycles. The number of aryl methyl sites for hydroxylation is 1. The van der Waals surface area contributed by atoms with E-state index < -0.39 is 21.3 Å². The zero-order valence-electron chi connectivity index (χ0n) is 7.34. The van der Waals surface area contributed by atoms with E-state index in [0.717, 1.165) is 0 Å². The van der Waals surface area contributed by atoms with Gasteiger partial charge in [-0.05, 0) is 19.1 Å². The van der Waals surface area contributed by atoms with Gasteiger partial charge in [-0.2, -0.15) is 0 Å². The van der Waals surface area contributed by atoms with Gasteiger partial charge in [0, 0.05) is 5.56 Å². The number of aromatic hydroxyl groups is 1. The maximum absolute atomic E-state index is 10.5. The molecular formula is C8H9O5S-. The van der Waals surface area contributed by atoms with Crippen molar-refractivity contribution in [2.45, 2.75) is 12.4 Å². The monoisotopic (exact) mass is 217 g/mol. The molecule has 6 heteroatoms. The first-order valence-corrected chi connectivity index (χ1v) is 5.22. The molecule has 0 amide bonds. The van der Waals surface area contributed by atoms with E-state index in [-0.39, 0.29) is 5.56 Å². The number of phenols is 1. The summed E-state index contributed by atoms with van der Waals surface area (Å²) < 4.78 is 31.4. The lowest BCUT2D eigenvalue weighted by molar-refractivity contribution is 0.231. The summed E-state index contributed by atoms with van der Waals surface area (Å²) in [5.41, 5.74) is -1.87. The Kier molecular flexibility index (Phi) is 2.79. The van der Waals surface area contributed by atoms with Crippen molar-refractivity contribution in [2.75, 3.05) is 0 Å². The van der Waals surface area contributed by atoms with Gasteiger partial charge in [0.1, 0.15) is 15.9 Å². The molecule has 2 N–H and O–H groups in total. The fraction of sp³-hybridized carbons (Fsp3) is 0.250. The first-order chi connectivity index (χ1) is 6.32. The van der Waals surface area contributed by atoms with Crippen molar-refractivity contribution in [1.82, 2.24) is 0 Å². The number of aliphatic hydroxyl groups is 1. The molecule has 14 heavy (non-hydrogen) atoms. The maximum Gasteiger partial charge on any atom is 0.172 e. The van der Waals surface area contributed by atoms with Gasteiger partial charge in [-0.1, -0.05) is 11.6 Å². The Bertz CT molecular complexity index is 437. The van der Waals surface area contributed by atoms with Crippen LogP contribution in [0.15, 0.2) is 18.2 Å². The van der Waals surface area contributed by atoms with Gasteiger partial charge >= 0.3 is 0 Å². The number of aliphatic hydroxyl groups excluding tert-OH is 1. The van der Waals surface area contributed by atoms with Gasteiger partial charge in [0.05, 0.1) is 0 Å². The van der Waals surface area contributed by atoms with Crippen LogP contribution in [-0.4, -0.2) is 23.2 Å². The number of hydrogen-bond donors (Lipinski definition) is 2. The topological polar surface area (TPSA) is 97.7 Å². The molecule has 1 aromatic rings. The van der Waals surface area contributed by atoms with E-state index in [0.29, 0.717) is 5.56 Å². The van der Waals surface area contributed by atoms with Crippen LogP contribution in [0.1, 0.15) is 16.6 Å². The minimum absolute atomic E-state index is 0.292. The summed E-state index contributed by atoms with van der Waals surface area (Å²) in [4.78, 5) is 0. The quantitative estimate of drug-likeness (QED) is 0.691. The zero-order valence-corrected chi connectivity index (χ0v) is 8.15. The van der Waals surface area contributed by atoms with Crippen LogP contribution >= 0.6 is 0 Å². The fourth-order valence-electron chi connectivity index (χ4n) is 1.03. The largest absolute Gasteiger partial charge is 0.746 e. The highest BCUT2D eigenvalue weighted by molar-refractivity contribution is 7.85. The van der Waals surface area contributed by atoms with Gasteiger partial charge in [-0.3, -0.25) is 0 Å². The number of hydrogen-bond acceptors (Lipinski definition) is 5. The maximum atomic E-state index is 10.5. The van der Waals surface area contributed by atoms with Crippen molar-refractivity contribution in [2.24, 2.45) is 0 Å². The molecular weight excluding hydrogens is 208 g/mol. The molecule has 0 saturated heterocycles. The minimum Gasteiger partial charge on any atom is -0.746 e. The second kappa shape index (κ2) is 3.56. The van der Waals surface area contributed by atoms with E-state index >= 15 is 0 Å². The molecule has 0 aromatic heterocycles. The van der Waals surface area contributed by atoms with E-state index in [1.807, 2.05) is 0 Å². The average molecular weight is 217 g/mol. The van der Waals surface area contributed by atoms with Crippen molar-refractivity contribution in [3.8, 4) is 5.75 Å². The molecule has 0 bridgehead atoms. The molecule has 0 aliphatic heterocycles. The van der Waals surface area contributed by atoms with E-state index in [1.165, 1.54) is 18.2 Å². The summed E-state index contributed by atoms with van der Waals surface area (Å²) in [7, 11) is -4.85. The predicted octanol–water partition coefficient (Wildman–Crippen LogP) is 0.237. The van der Waals surface area contributed by atoms with E-state index in [9.17, 15) is 18.1 Å². The van der Waals surface area contributed by atoms with E-state index in [2.05, 4.69) is 0 Å². The van der Waals surface area contributed by atoms with Crippen molar-refractivity contribution in [3.63, 3.8) is 0 Å². The van der Waals surface area contributed by atoms with Gasteiger partial charge in [0.2, 0.25) is 0 Å². The fourth-order valence-corrected chi connectivity index (χ4v) is 1.53. The number of benzene rings is 1. The van der Waals surface area contributed by atoms with Crippen molar-refractivity contribution in [3.05, 3.63) is 29.3 Å². The van der Waals surface area contributed by atoms with Crippen molar-refractivity contribution in [1.29, 1.82) is 0 Å². The Balaban J connectivity index is 3.26. The zero-order chi connectivity index (χ0) is 10.9. The highest BCUT2D eigenvalue weighted by Gasteiger charge is 2.18. The number of rotatable bonds is 2. The Morgan fingerprint density at radius 2 is 2.00 bits per heavy atom. The van der Waals surface area contributed by atoms with Gasteiger partial charge in [-0.25, -0.2) is 8.42 Å². The van der Waals surface area contributed by atoms with Crippen LogP contribution in [0, 0.1) is 6.92 Å². The molecule has 1 rings (SSSR count). The molecule has 0 spiro atoms. The van der Waals surface area contributed by atoms with Gasteiger partial charge in [0.15, 0.2) is 5.44 Å². The standard InChI is InChI=1S/C8H10O5S/c1-5-2-3-7(9)6(4-5)8(10)14(11,12)13/h2-4,8-10H,1H3,(H,11,12,13)/p-1. The lowest BCUT2D eigenvalue weighted by Gasteiger charge is -2.16. The summed E-state index contributed by atoms with van der Waals surface area (Å²) in [5, 5.41) is 18.3. The summed E-state index contributed by atoms with van der Waals surface area (Å²) in [6.45, 7) is 1.65. The lowest BCUT2D eigenvalue weighted by Crippen LogP contribution is -2.11. The number of phenolic OH excluding ortho intramolecular Hbond substituents is 1. The lowest BCUT2D eigenvalue weighted by atomic mass is 10.1. The van der Waals surface area contributed by atoms with Crippen LogP contribution in [0.25, 0.3) is 0 Å². The SMILES string of the molecule is Cc1ccc(O)c(C(O)S(=O)(=O)[O-])c1. The van der Waals surface area contributed by atoms with E-state index in [1.54, 1.807) is 6.92 Å². The molecule has 1 unspecified atom stereocenters. The van der Waals surface area contributed by atoms with Crippen LogP contribution in [0.3, 0.4) is 0 Å². The second-order valence-electron chi connectivity index (χ2n) is 2.91. The Morgan fingerprint density at radius 1 is 1.43 bits per heavy atom. The molecule has 0 fully saturated rings. The van der Waals surface area contributed by atoms with Crippen LogP contribution in [0.4, 0.5) is 0 Å². The summed E-state index contributed by atoms with van der Waals surface area (Å²) in [6, 6.07) is 4.00. The molecule has 78 valence electrons. The van der Waals surface area contributed by atoms with Crippen molar-refractivity contribution >= 4 is 10.1 Å². The molecule has 1 atom stereocenters.